The summed E-state index contributed by atoms with van der Waals surface area (Å²) in [7, 11) is 1.19. The molecular weight excluding hydrogens is 558 g/mol. The molecule has 0 unspecified atom stereocenters. The third-order valence-electron chi connectivity index (χ3n) is 8.32. The number of carbonyl (C=O) groups is 2. The van der Waals surface area contributed by atoms with Crippen molar-refractivity contribution in [2.45, 2.75) is 57.9 Å². The van der Waals surface area contributed by atoms with Crippen LogP contribution in [0.5, 0.6) is 5.88 Å². The van der Waals surface area contributed by atoms with Crippen molar-refractivity contribution in [3.05, 3.63) is 47.9 Å². The number of hydrogen-bond acceptors (Lipinski definition) is 7. The van der Waals surface area contributed by atoms with Crippen molar-refractivity contribution < 1.29 is 41.7 Å². The summed E-state index contributed by atoms with van der Waals surface area (Å²) < 4.78 is 65.4. The number of methoxy groups -OCH3 is 1. The molecule has 2 atom stereocenters. The van der Waals surface area contributed by atoms with E-state index < -0.39 is 40.9 Å². The number of nitrogens with zero attached hydrogens (tertiary/aromatic N) is 3. The van der Waals surface area contributed by atoms with E-state index in [9.17, 15) is 27.9 Å². The zero-order valence-electron chi connectivity index (χ0n) is 24.2. The normalized spacial score (nSPS) is 22.3. The standard InChI is InChI=1S/C30H37F4N3O5/c1-28(2,30(32,33)34)18-36-11-9-19(10-12-36)17-42-25-8-6-21(15-35-25)20-5-7-23(24(31)13-20)26(39)37-16-22(38)14-29(37,3)27(40)41-4/h5-8,13,15,19,22,38H,9-12,14,16-18H2,1-4H3/t22-,29+/m1/s1. The first-order valence-electron chi connectivity index (χ1n) is 13.9. The fraction of sp³-hybridized carbons (Fsp3) is 0.567. The predicted octanol–water partition coefficient (Wildman–Crippen LogP) is 4.71. The zero-order valence-corrected chi connectivity index (χ0v) is 24.2. The molecule has 1 aromatic heterocycles. The molecule has 0 spiro atoms. The SMILES string of the molecule is COC(=O)[C@]1(C)C[C@@H](O)CN1C(=O)c1ccc(-c2ccc(OCC3CCN(CC(C)(C)C(F)(F)F)CC3)nc2)cc1F. The first-order valence-corrected chi connectivity index (χ1v) is 13.9. The van der Waals surface area contributed by atoms with Crippen LogP contribution >= 0.6 is 0 Å². The number of esters is 1. The van der Waals surface area contributed by atoms with E-state index in [-0.39, 0.29) is 31.0 Å². The molecule has 2 aliphatic heterocycles. The number of aromatic nitrogens is 1. The van der Waals surface area contributed by atoms with Crippen LogP contribution in [-0.2, 0) is 9.53 Å². The Balaban J connectivity index is 1.33. The van der Waals surface area contributed by atoms with Gasteiger partial charge in [-0.1, -0.05) is 6.07 Å². The van der Waals surface area contributed by atoms with Crippen molar-refractivity contribution in [1.82, 2.24) is 14.8 Å². The van der Waals surface area contributed by atoms with Crippen LogP contribution in [0.25, 0.3) is 11.1 Å². The summed E-state index contributed by atoms with van der Waals surface area (Å²) in [5.74, 6) is -1.61. The molecule has 2 saturated heterocycles. The van der Waals surface area contributed by atoms with Gasteiger partial charge in [0.15, 0.2) is 0 Å². The Morgan fingerprint density at radius 1 is 1.12 bits per heavy atom. The molecule has 2 aromatic rings. The van der Waals surface area contributed by atoms with E-state index in [0.29, 0.717) is 36.7 Å². The molecule has 1 N–H and O–H groups in total. The zero-order chi connectivity index (χ0) is 30.9. The van der Waals surface area contributed by atoms with Crippen molar-refractivity contribution in [3.63, 3.8) is 0 Å². The fourth-order valence-corrected chi connectivity index (χ4v) is 5.58. The molecule has 3 heterocycles. The second-order valence-corrected chi connectivity index (χ2v) is 12.0. The number of benzene rings is 1. The van der Waals surface area contributed by atoms with Gasteiger partial charge in [-0.25, -0.2) is 14.2 Å². The molecular formula is C30H37F4N3O5. The van der Waals surface area contributed by atoms with Gasteiger partial charge in [0.05, 0.1) is 30.8 Å². The van der Waals surface area contributed by atoms with Gasteiger partial charge in [0.25, 0.3) is 5.91 Å². The van der Waals surface area contributed by atoms with Crippen LogP contribution in [-0.4, -0.2) is 89.5 Å². The number of β-amino-alcohol motifs (C(OH)–C–C–N with tert-alkyl or cyclic N) is 1. The number of ether oxygens (including phenoxy) is 2. The van der Waals surface area contributed by atoms with E-state index in [1.165, 1.54) is 46.2 Å². The van der Waals surface area contributed by atoms with Gasteiger partial charge in [0.1, 0.15) is 11.4 Å². The molecule has 0 bridgehead atoms. The third-order valence-corrected chi connectivity index (χ3v) is 8.32. The highest BCUT2D eigenvalue weighted by Crippen LogP contribution is 2.39. The predicted molar refractivity (Wildman–Crippen MR) is 146 cm³/mol. The summed E-state index contributed by atoms with van der Waals surface area (Å²) in [6.45, 7) is 5.32. The number of hydrogen-bond donors (Lipinski definition) is 1. The van der Waals surface area contributed by atoms with Crippen LogP contribution in [0, 0.1) is 17.2 Å². The third kappa shape index (κ3) is 6.70. The lowest BCUT2D eigenvalue weighted by Crippen LogP contribution is -2.51. The number of alkyl halides is 3. The maximum Gasteiger partial charge on any atom is 0.395 e. The summed E-state index contributed by atoms with van der Waals surface area (Å²) in [6.07, 6.45) is -2.21. The molecule has 1 amide bonds. The lowest BCUT2D eigenvalue weighted by molar-refractivity contribution is -0.217. The molecule has 42 heavy (non-hydrogen) atoms. The average molecular weight is 596 g/mol. The maximum absolute atomic E-state index is 15.1. The van der Waals surface area contributed by atoms with Gasteiger partial charge in [-0.2, -0.15) is 13.2 Å². The molecule has 0 saturated carbocycles. The molecule has 1 aromatic carbocycles. The summed E-state index contributed by atoms with van der Waals surface area (Å²) in [6, 6.07) is 7.48. The lowest BCUT2D eigenvalue weighted by Gasteiger charge is -2.38. The Hall–Kier alpha value is -3.25. The number of pyridine rings is 1. The van der Waals surface area contributed by atoms with Crippen LogP contribution in [0.2, 0.25) is 0 Å². The second kappa shape index (κ2) is 12.2. The van der Waals surface area contributed by atoms with Gasteiger partial charge < -0.3 is 24.4 Å². The summed E-state index contributed by atoms with van der Waals surface area (Å²) in [5.41, 5.74) is -2.32. The number of halogens is 4. The first-order chi connectivity index (χ1) is 19.6. The molecule has 2 fully saturated rings. The lowest BCUT2D eigenvalue weighted by atomic mass is 9.89. The first kappa shape index (κ1) is 31.7. The number of carbonyl (C=O) groups excluding carboxylic acids is 2. The largest absolute Gasteiger partial charge is 0.477 e. The minimum Gasteiger partial charge on any atom is -0.477 e. The smallest absolute Gasteiger partial charge is 0.395 e. The van der Waals surface area contributed by atoms with E-state index in [1.807, 2.05) is 4.90 Å². The van der Waals surface area contributed by atoms with E-state index >= 15 is 4.39 Å². The van der Waals surface area contributed by atoms with Crippen LogP contribution in [0.3, 0.4) is 0 Å². The maximum atomic E-state index is 15.1. The molecule has 230 valence electrons. The number of likely N-dealkylation sites (tertiary alicyclic amines) is 2. The van der Waals surface area contributed by atoms with Crippen molar-refractivity contribution in [1.29, 1.82) is 0 Å². The van der Waals surface area contributed by atoms with Crippen LogP contribution in [0.1, 0.15) is 50.4 Å². The number of piperidine rings is 1. The Labute approximate surface area is 242 Å². The second-order valence-electron chi connectivity index (χ2n) is 12.0. The van der Waals surface area contributed by atoms with Gasteiger partial charge in [-0.3, -0.25) is 4.79 Å². The van der Waals surface area contributed by atoms with Crippen LogP contribution < -0.4 is 4.74 Å². The van der Waals surface area contributed by atoms with Gasteiger partial charge in [0.2, 0.25) is 5.88 Å². The number of amides is 1. The van der Waals surface area contributed by atoms with Crippen molar-refractivity contribution in [3.8, 4) is 17.0 Å². The summed E-state index contributed by atoms with van der Waals surface area (Å²) in [5, 5.41) is 10.1. The Morgan fingerprint density at radius 2 is 1.79 bits per heavy atom. The molecule has 8 nitrogen and oxygen atoms in total. The minimum absolute atomic E-state index is 0.00923. The van der Waals surface area contributed by atoms with Crippen LogP contribution in [0.4, 0.5) is 17.6 Å². The number of rotatable bonds is 8. The molecule has 12 heteroatoms. The highest BCUT2D eigenvalue weighted by atomic mass is 19.4. The summed E-state index contributed by atoms with van der Waals surface area (Å²) >= 11 is 0. The molecule has 4 rings (SSSR count). The van der Waals surface area contributed by atoms with Gasteiger partial charge in [-0.05, 0) is 76.4 Å². The van der Waals surface area contributed by atoms with E-state index in [2.05, 4.69) is 4.98 Å². The number of aliphatic hydroxyl groups excluding tert-OH is 1. The highest BCUT2D eigenvalue weighted by Gasteiger charge is 2.51. The van der Waals surface area contributed by atoms with E-state index in [0.717, 1.165) is 17.7 Å². The van der Waals surface area contributed by atoms with Crippen LogP contribution in [0.15, 0.2) is 36.5 Å². The molecule has 2 aliphatic rings. The van der Waals surface area contributed by atoms with E-state index in [1.54, 1.807) is 18.2 Å². The van der Waals surface area contributed by atoms with Gasteiger partial charge in [0, 0.05) is 37.3 Å². The fourth-order valence-electron chi connectivity index (χ4n) is 5.58. The highest BCUT2D eigenvalue weighted by molar-refractivity contribution is 5.99. The average Bonchev–Trinajstić information content (AvgIpc) is 3.26. The van der Waals surface area contributed by atoms with Crippen molar-refractivity contribution in [2.75, 3.05) is 39.9 Å². The Bertz CT molecular complexity index is 1280. The van der Waals surface area contributed by atoms with Crippen molar-refractivity contribution >= 4 is 11.9 Å². The van der Waals surface area contributed by atoms with Crippen molar-refractivity contribution in [2.24, 2.45) is 11.3 Å². The Kier molecular flexibility index (Phi) is 9.17. The summed E-state index contributed by atoms with van der Waals surface area (Å²) in [4.78, 5) is 32.8. The van der Waals surface area contributed by atoms with E-state index in [4.69, 9.17) is 9.47 Å². The monoisotopic (exact) mass is 595 g/mol. The topological polar surface area (TPSA) is 92.2 Å². The molecule has 0 radical (unpaired) electrons. The molecule has 0 aliphatic carbocycles. The number of aliphatic hydroxyl groups is 1. The Morgan fingerprint density at radius 3 is 2.36 bits per heavy atom. The van der Waals surface area contributed by atoms with Gasteiger partial charge in [-0.15, -0.1) is 0 Å². The van der Waals surface area contributed by atoms with Gasteiger partial charge >= 0.3 is 12.1 Å². The minimum atomic E-state index is -4.25. The quantitative estimate of drug-likeness (QED) is 0.349.